The molecule has 1 aromatic carbocycles. The van der Waals surface area contributed by atoms with Crippen LogP contribution in [0.25, 0.3) is 0 Å². The lowest BCUT2D eigenvalue weighted by Gasteiger charge is -2.32. The highest BCUT2D eigenvalue weighted by molar-refractivity contribution is 5.88. The summed E-state index contributed by atoms with van der Waals surface area (Å²) in [6.45, 7) is 4.45. The predicted molar refractivity (Wildman–Crippen MR) is 78.8 cm³/mol. The lowest BCUT2D eigenvalue weighted by Crippen LogP contribution is -2.50. The van der Waals surface area contributed by atoms with Gasteiger partial charge in [0.05, 0.1) is 0 Å². The zero-order valence-corrected chi connectivity index (χ0v) is 12.2. The van der Waals surface area contributed by atoms with Crippen molar-refractivity contribution in [2.24, 2.45) is 11.1 Å². The molecule has 1 saturated carbocycles. The molecule has 0 spiro atoms. The first-order chi connectivity index (χ1) is 9.33. The fraction of sp³-hybridized carbons (Fsp3) is 0.562. The van der Waals surface area contributed by atoms with Gasteiger partial charge in [0.25, 0.3) is 0 Å². The van der Waals surface area contributed by atoms with E-state index in [4.69, 9.17) is 5.73 Å². The molecule has 2 rings (SSSR count). The molecule has 0 saturated heterocycles. The van der Waals surface area contributed by atoms with Gasteiger partial charge < -0.3 is 11.1 Å². The number of nitrogens with two attached hydrogens (primary N) is 1. The average molecular weight is 278 g/mol. The number of nitrogens with one attached hydrogen (secondary N) is 1. The van der Waals surface area contributed by atoms with Gasteiger partial charge >= 0.3 is 0 Å². The van der Waals surface area contributed by atoms with E-state index >= 15 is 0 Å². The Morgan fingerprint density at radius 1 is 1.15 bits per heavy atom. The molecule has 110 valence electrons. The number of primary amides is 1. The molecule has 0 radical (unpaired) electrons. The minimum Gasteiger partial charge on any atom is -0.371 e. The van der Waals surface area contributed by atoms with E-state index in [-0.39, 0.29) is 17.1 Å². The molecule has 1 amide bonds. The van der Waals surface area contributed by atoms with Crippen LogP contribution in [0.1, 0.15) is 46.0 Å². The molecule has 1 atom stereocenters. The van der Waals surface area contributed by atoms with Crippen molar-refractivity contribution >= 4 is 11.6 Å². The van der Waals surface area contributed by atoms with Crippen LogP contribution >= 0.6 is 0 Å². The van der Waals surface area contributed by atoms with Crippen LogP contribution in [0.2, 0.25) is 0 Å². The molecule has 0 bridgehead atoms. The van der Waals surface area contributed by atoms with Gasteiger partial charge in [0.1, 0.15) is 11.4 Å². The summed E-state index contributed by atoms with van der Waals surface area (Å²) in [5, 5.41) is 3.26. The Kier molecular flexibility index (Phi) is 4.02. The van der Waals surface area contributed by atoms with Crippen LogP contribution in [-0.4, -0.2) is 11.4 Å². The van der Waals surface area contributed by atoms with Gasteiger partial charge in [0, 0.05) is 5.69 Å². The summed E-state index contributed by atoms with van der Waals surface area (Å²) in [6.07, 6.45) is 4.44. The molecular formula is C16H23FN2O. The van der Waals surface area contributed by atoms with Crippen LogP contribution in [0.15, 0.2) is 24.3 Å². The van der Waals surface area contributed by atoms with Crippen molar-refractivity contribution < 1.29 is 9.18 Å². The van der Waals surface area contributed by atoms with E-state index in [0.29, 0.717) is 6.42 Å². The van der Waals surface area contributed by atoms with Crippen LogP contribution in [0, 0.1) is 11.2 Å². The Bertz CT molecular complexity index is 484. The minimum absolute atomic E-state index is 0.238. The normalized spacial score (nSPS) is 25.8. The van der Waals surface area contributed by atoms with Gasteiger partial charge in [-0.05, 0) is 55.4 Å². The van der Waals surface area contributed by atoms with Crippen LogP contribution < -0.4 is 11.1 Å². The Morgan fingerprint density at radius 3 is 2.40 bits per heavy atom. The van der Waals surface area contributed by atoms with E-state index in [1.54, 1.807) is 12.1 Å². The minimum atomic E-state index is -0.717. The topological polar surface area (TPSA) is 55.1 Å². The number of hydrogen-bond acceptors (Lipinski definition) is 2. The summed E-state index contributed by atoms with van der Waals surface area (Å²) in [4.78, 5) is 12.0. The molecule has 1 fully saturated rings. The highest BCUT2D eigenvalue weighted by Gasteiger charge is 2.40. The van der Waals surface area contributed by atoms with Gasteiger partial charge in [-0.15, -0.1) is 0 Å². The van der Waals surface area contributed by atoms with Gasteiger partial charge in [-0.25, -0.2) is 4.39 Å². The smallest absolute Gasteiger partial charge is 0.243 e. The summed E-state index contributed by atoms with van der Waals surface area (Å²) in [6, 6.07) is 6.07. The maximum Gasteiger partial charge on any atom is 0.243 e. The molecule has 1 aromatic rings. The van der Waals surface area contributed by atoms with Crippen molar-refractivity contribution in [3.8, 4) is 0 Å². The molecule has 1 aliphatic carbocycles. The van der Waals surface area contributed by atoms with Gasteiger partial charge in [-0.1, -0.05) is 20.3 Å². The molecule has 0 heterocycles. The second kappa shape index (κ2) is 5.43. The van der Waals surface area contributed by atoms with Crippen LogP contribution in [0.4, 0.5) is 10.1 Å². The standard InChI is InChI=1S/C16H23FN2O/c1-15(2)8-3-9-16(11-10-15,14(18)20)19-13-6-4-12(17)5-7-13/h4-7,19H,3,8-11H2,1-2H3,(H2,18,20). The lowest BCUT2D eigenvalue weighted by atomic mass is 9.83. The monoisotopic (exact) mass is 278 g/mol. The van der Waals surface area contributed by atoms with Gasteiger partial charge in [-0.2, -0.15) is 0 Å². The van der Waals surface area contributed by atoms with Crippen molar-refractivity contribution in [2.75, 3.05) is 5.32 Å². The summed E-state index contributed by atoms with van der Waals surface area (Å²) in [5.74, 6) is -0.606. The second-order valence-corrected chi connectivity index (χ2v) is 6.60. The van der Waals surface area contributed by atoms with E-state index in [9.17, 15) is 9.18 Å². The third-order valence-corrected chi connectivity index (χ3v) is 4.39. The first kappa shape index (κ1) is 14.8. The van der Waals surface area contributed by atoms with Gasteiger partial charge in [0.2, 0.25) is 5.91 Å². The molecule has 3 N–H and O–H groups in total. The Morgan fingerprint density at radius 2 is 1.80 bits per heavy atom. The zero-order valence-electron chi connectivity index (χ0n) is 12.2. The number of rotatable bonds is 3. The van der Waals surface area contributed by atoms with E-state index in [2.05, 4.69) is 19.2 Å². The predicted octanol–water partition coefficient (Wildman–Crippen LogP) is 3.45. The molecule has 3 nitrogen and oxygen atoms in total. The summed E-state index contributed by atoms with van der Waals surface area (Å²) in [5.41, 5.74) is 5.92. The highest BCUT2D eigenvalue weighted by atomic mass is 19.1. The number of benzene rings is 1. The van der Waals surface area contributed by atoms with E-state index in [1.807, 2.05) is 0 Å². The fourth-order valence-electron chi connectivity index (χ4n) is 2.91. The number of carbonyl (C=O) groups excluding carboxylic acids is 1. The third-order valence-electron chi connectivity index (χ3n) is 4.39. The SMILES string of the molecule is CC1(C)CCCC(Nc2ccc(F)cc2)(C(N)=O)CC1. The molecule has 4 heteroatoms. The fourth-order valence-corrected chi connectivity index (χ4v) is 2.91. The lowest BCUT2D eigenvalue weighted by molar-refractivity contribution is -0.122. The molecule has 1 unspecified atom stereocenters. The van der Waals surface area contributed by atoms with Crippen LogP contribution in [0.5, 0.6) is 0 Å². The third kappa shape index (κ3) is 3.30. The summed E-state index contributed by atoms with van der Waals surface area (Å²) < 4.78 is 13.0. The number of hydrogen-bond donors (Lipinski definition) is 2. The van der Waals surface area contributed by atoms with E-state index < -0.39 is 5.54 Å². The maximum atomic E-state index is 13.0. The Hall–Kier alpha value is -1.58. The quantitative estimate of drug-likeness (QED) is 0.832. The first-order valence-corrected chi connectivity index (χ1v) is 7.17. The zero-order chi connectivity index (χ0) is 14.8. The highest BCUT2D eigenvalue weighted by Crippen LogP contribution is 2.39. The molecule has 20 heavy (non-hydrogen) atoms. The average Bonchev–Trinajstić information content (AvgIpc) is 2.52. The van der Waals surface area contributed by atoms with Crippen LogP contribution in [-0.2, 0) is 4.79 Å². The van der Waals surface area contributed by atoms with Crippen LogP contribution in [0.3, 0.4) is 0 Å². The van der Waals surface area contributed by atoms with E-state index in [0.717, 1.165) is 31.4 Å². The van der Waals surface area contributed by atoms with Gasteiger partial charge in [-0.3, -0.25) is 4.79 Å². The number of carbonyl (C=O) groups is 1. The van der Waals surface area contributed by atoms with Gasteiger partial charge in [0.15, 0.2) is 0 Å². The maximum absolute atomic E-state index is 13.0. The van der Waals surface area contributed by atoms with Crippen molar-refractivity contribution in [2.45, 2.75) is 51.5 Å². The summed E-state index contributed by atoms with van der Waals surface area (Å²) in [7, 11) is 0. The van der Waals surface area contributed by atoms with Crippen molar-refractivity contribution in [1.82, 2.24) is 0 Å². The van der Waals surface area contributed by atoms with Crippen molar-refractivity contribution in [1.29, 1.82) is 0 Å². The summed E-state index contributed by atoms with van der Waals surface area (Å²) >= 11 is 0. The Labute approximate surface area is 119 Å². The number of amides is 1. The molecular weight excluding hydrogens is 255 g/mol. The number of anilines is 1. The largest absolute Gasteiger partial charge is 0.371 e. The Balaban J connectivity index is 2.21. The second-order valence-electron chi connectivity index (χ2n) is 6.60. The van der Waals surface area contributed by atoms with Crippen molar-refractivity contribution in [3.63, 3.8) is 0 Å². The first-order valence-electron chi connectivity index (χ1n) is 7.17. The molecule has 0 aliphatic heterocycles. The van der Waals surface area contributed by atoms with E-state index in [1.165, 1.54) is 12.1 Å². The molecule has 1 aliphatic rings. The molecule has 0 aromatic heterocycles. The van der Waals surface area contributed by atoms with Crippen molar-refractivity contribution in [3.05, 3.63) is 30.1 Å². The number of halogens is 1.